The number of carbonyl (C=O) groups is 2. The second-order valence-electron chi connectivity index (χ2n) is 4.93. The van der Waals surface area contributed by atoms with Crippen LogP contribution in [0.2, 0.25) is 0 Å². The fraction of sp³-hybridized carbons (Fsp3) is 0.538. The van der Waals surface area contributed by atoms with E-state index in [1.54, 1.807) is 11.3 Å². The Balaban J connectivity index is 1.84. The third kappa shape index (κ3) is 3.52. The number of halogens is 1. The fourth-order valence-electron chi connectivity index (χ4n) is 2.43. The third-order valence-electron chi connectivity index (χ3n) is 3.49. The fourth-order valence-corrected chi connectivity index (χ4v) is 3.91. The van der Waals surface area contributed by atoms with Gasteiger partial charge in [0, 0.05) is 18.0 Å². The zero-order chi connectivity index (χ0) is 14.7. The molecule has 2 atom stereocenters. The number of thiophene rings is 1. The van der Waals surface area contributed by atoms with Crippen LogP contribution in [0.5, 0.6) is 0 Å². The van der Waals surface area contributed by atoms with Crippen molar-refractivity contribution in [3.8, 4) is 0 Å². The van der Waals surface area contributed by atoms with Crippen LogP contribution >= 0.6 is 27.3 Å². The molecular weight excluding hydrogens is 344 g/mol. The molecule has 1 aromatic rings. The first-order chi connectivity index (χ1) is 9.49. The van der Waals surface area contributed by atoms with Crippen LogP contribution in [0, 0.1) is 5.92 Å². The third-order valence-corrected chi connectivity index (χ3v) is 5.17. The van der Waals surface area contributed by atoms with Crippen LogP contribution in [-0.4, -0.2) is 41.1 Å². The summed E-state index contributed by atoms with van der Waals surface area (Å²) in [5.41, 5.74) is 0. The van der Waals surface area contributed by atoms with Gasteiger partial charge >= 0.3 is 12.0 Å². The summed E-state index contributed by atoms with van der Waals surface area (Å²) in [6.07, 6.45) is 1.49. The van der Waals surface area contributed by atoms with Crippen molar-refractivity contribution in [3.05, 3.63) is 20.8 Å². The van der Waals surface area contributed by atoms with Crippen LogP contribution in [0.4, 0.5) is 4.79 Å². The number of aliphatic carboxylic acids is 1. The molecule has 1 aliphatic heterocycles. The van der Waals surface area contributed by atoms with Crippen molar-refractivity contribution in [2.24, 2.45) is 5.92 Å². The average molecular weight is 361 g/mol. The van der Waals surface area contributed by atoms with Gasteiger partial charge in [-0.1, -0.05) is 6.92 Å². The molecule has 20 heavy (non-hydrogen) atoms. The van der Waals surface area contributed by atoms with Crippen LogP contribution in [0.15, 0.2) is 15.9 Å². The zero-order valence-electron chi connectivity index (χ0n) is 11.1. The average Bonchev–Trinajstić information content (AvgIpc) is 2.95. The van der Waals surface area contributed by atoms with E-state index < -0.39 is 12.0 Å². The van der Waals surface area contributed by atoms with Gasteiger partial charge in [-0.3, -0.25) is 0 Å². The van der Waals surface area contributed by atoms with Crippen molar-refractivity contribution >= 4 is 39.3 Å². The van der Waals surface area contributed by atoms with Crippen molar-refractivity contribution < 1.29 is 14.7 Å². The zero-order valence-corrected chi connectivity index (χ0v) is 13.5. The summed E-state index contributed by atoms with van der Waals surface area (Å²) in [5, 5.41) is 12.0. The summed E-state index contributed by atoms with van der Waals surface area (Å²) in [6, 6.07) is 3.01. The minimum absolute atomic E-state index is 0.00602. The number of carboxylic acids is 1. The van der Waals surface area contributed by atoms with E-state index in [0.717, 1.165) is 16.6 Å². The standard InChI is InChI=1S/C13H17BrN2O3S/c1-8-5-7-16(11(8)12(17)18)13(19)15-6-4-9-2-3-10(14)20-9/h2-3,8,11H,4-7H2,1H3,(H,15,19)(H,17,18). The molecule has 5 nitrogen and oxygen atoms in total. The minimum Gasteiger partial charge on any atom is -0.480 e. The topological polar surface area (TPSA) is 69.6 Å². The van der Waals surface area contributed by atoms with Gasteiger partial charge in [0.15, 0.2) is 0 Å². The van der Waals surface area contributed by atoms with Crippen molar-refractivity contribution in [2.45, 2.75) is 25.8 Å². The maximum atomic E-state index is 12.0. The Hall–Kier alpha value is -1.08. The number of rotatable bonds is 4. The van der Waals surface area contributed by atoms with Crippen molar-refractivity contribution in [1.29, 1.82) is 0 Å². The molecule has 0 bridgehead atoms. The second-order valence-corrected chi connectivity index (χ2v) is 7.48. The highest BCUT2D eigenvalue weighted by Crippen LogP contribution is 2.24. The number of hydrogen-bond acceptors (Lipinski definition) is 3. The maximum absolute atomic E-state index is 12.0. The Labute approximate surface area is 130 Å². The molecule has 0 spiro atoms. The number of carboxylic acid groups (broad SMARTS) is 1. The highest BCUT2D eigenvalue weighted by molar-refractivity contribution is 9.11. The second kappa shape index (κ2) is 6.58. The van der Waals surface area contributed by atoms with Gasteiger partial charge in [-0.15, -0.1) is 11.3 Å². The van der Waals surface area contributed by atoms with Gasteiger partial charge in [-0.2, -0.15) is 0 Å². The van der Waals surface area contributed by atoms with Gasteiger partial charge in [0.05, 0.1) is 3.79 Å². The molecule has 0 radical (unpaired) electrons. The molecule has 1 aliphatic rings. The molecule has 2 N–H and O–H groups in total. The predicted molar refractivity (Wildman–Crippen MR) is 81.0 cm³/mol. The summed E-state index contributed by atoms with van der Waals surface area (Å²) >= 11 is 5.03. The minimum atomic E-state index is -0.924. The summed E-state index contributed by atoms with van der Waals surface area (Å²) in [7, 11) is 0. The monoisotopic (exact) mass is 360 g/mol. The molecule has 7 heteroatoms. The molecule has 1 aromatic heterocycles. The first-order valence-electron chi connectivity index (χ1n) is 6.50. The highest BCUT2D eigenvalue weighted by Gasteiger charge is 2.39. The molecular formula is C13H17BrN2O3S. The van der Waals surface area contributed by atoms with E-state index in [1.165, 1.54) is 9.78 Å². The summed E-state index contributed by atoms with van der Waals surface area (Å²) in [4.78, 5) is 25.9. The maximum Gasteiger partial charge on any atom is 0.326 e. The number of likely N-dealkylation sites (tertiary alicyclic amines) is 1. The number of amides is 2. The predicted octanol–water partition coefficient (Wildman–Crippen LogP) is 2.56. The summed E-state index contributed by atoms with van der Waals surface area (Å²) in [5.74, 6) is -0.918. The van der Waals surface area contributed by atoms with E-state index in [2.05, 4.69) is 21.2 Å². The van der Waals surface area contributed by atoms with Crippen molar-refractivity contribution in [2.75, 3.05) is 13.1 Å². The van der Waals surface area contributed by atoms with E-state index in [4.69, 9.17) is 0 Å². The van der Waals surface area contributed by atoms with E-state index in [9.17, 15) is 14.7 Å². The van der Waals surface area contributed by atoms with E-state index in [-0.39, 0.29) is 11.9 Å². The lowest BCUT2D eigenvalue weighted by molar-refractivity contribution is -0.142. The molecule has 1 saturated heterocycles. The van der Waals surface area contributed by atoms with Crippen LogP contribution in [-0.2, 0) is 11.2 Å². The van der Waals surface area contributed by atoms with Gasteiger partial charge < -0.3 is 15.3 Å². The van der Waals surface area contributed by atoms with Crippen LogP contribution in [0.25, 0.3) is 0 Å². The number of urea groups is 1. The Morgan fingerprint density at radius 3 is 2.90 bits per heavy atom. The summed E-state index contributed by atoms with van der Waals surface area (Å²) in [6.45, 7) is 2.90. The number of hydrogen-bond donors (Lipinski definition) is 2. The number of carbonyl (C=O) groups excluding carboxylic acids is 1. The molecule has 2 heterocycles. The normalized spacial score (nSPS) is 22.0. The van der Waals surface area contributed by atoms with E-state index in [1.807, 2.05) is 19.1 Å². The Kier molecular flexibility index (Phi) is 5.04. The lowest BCUT2D eigenvalue weighted by Crippen LogP contribution is -2.47. The first-order valence-corrected chi connectivity index (χ1v) is 8.11. The van der Waals surface area contributed by atoms with Crippen LogP contribution in [0.1, 0.15) is 18.2 Å². The van der Waals surface area contributed by atoms with Crippen molar-refractivity contribution in [3.63, 3.8) is 0 Å². The molecule has 2 unspecified atom stereocenters. The smallest absolute Gasteiger partial charge is 0.326 e. The molecule has 0 aromatic carbocycles. The number of nitrogens with zero attached hydrogens (tertiary/aromatic N) is 1. The van der Waals surface area contributed by atoms with Crippen LogP contribution in [0.3, 0.4) is 0 Å². The molecule has 0 saturated carbocycles. The lowest BCUT2D eigenvalue weighted by atomic mass is 10.0. The molecule has 1 fully saturated rings. The van der Waals surface area contributed by atoms with Gasteiger partial charge in [0.2, 0.25) is 0 Å². The largest absolute Gasteiger partial charge is 0.480 e. The van der Waals surface area contributed by atoms with Gasteiger partial charge in [0.1, 0.15) is 6.04 Å². The quantitative estimate of drug-likeness (QED) is 0.866. The SMILES string of the molecule is CC1CCN(C(=O)NCCc2ccc(Br)s2)C1C(=O)O. The van der Waals surface area contributed by atoms with Gasteiger partial charge in [-0.25, -0.2) is 9.59 Å². The molecule has 110 valence electrons. The van der Waals surface area contributed by atoms with E-state index in [0.29, 0.717) is 13.1 Å². The Morgan fingerprint density at radius 2 is 2.30 bits per heavy atom. The molecule has 2 rings (SSSR count). The number of nitrogens with one attached hydrogen (secondary N) is 1. The highest BCUT2D eigenvalue weighted by atomic mass is 79.9. The first kappa shape index (κ1) is 15.3. The molecule has 2 amide bonds. The van der Waals surface area contributed by atoms with E-state index >= 15 is 0 Å². The Bertz CT molecular complexity index is 506. The summed E-state index contributed by atoms with van der Waals surface area (Å²) < 4.78 is 1.07. The molecule has 0 aliphatic carbocycles. The van der Waals surface area contributed by atoms with Gasteiger partial charge in [-0.05, 0) is 46.8 Å². The van der Waals surface area contributed by atoms with Crippen LogP contribution < -0.4 is 5.32 Å². The lowest BCUT2D eigenvalue weighted by Gasteiger charge is -2.23. The van der Waals surface area contributed by atoms with Crippen molar-refractivity contribution in [1.82, 2.24) is 10.2 Å². The Morgan fingerprint density at radius 1 is 1.55 bits per heavy atom. The van der Waals surface area contributed by atoms with Gasteiger partial charge in [0.25, 0.3) is 0 Å².